The predicted molar refractivity (Wildman–Crippen MR) is 199 cm³/mol. The fraction of sp³-hybridized carbons (Fsp3) is 0.524. The van der Waals surface area contributed by atoms with Gasteiger partial charge in [-0.1, -0.05) is 83.9 Å². The number of anilines is 1. The fourth-order valence-electron chi connectivity index (χ4n) is 6.67. The van der Waals surface area contributed by atoms with Crippen LogP contribution < -0.4 is 14.8 Å². The first kappa shape index (κ1) is 36.2. The molecular weight excluding hydrogens is 580 g/mol. The molecule has 1 heterocycles. The van der Waals surface area contributed by atoms with Crippen LogP contribution in [0.3, 0.4) is 0 Å². The third kappa shape index (κ3) is 9.72. The molecule has 2 aromatic rings. The SMILES string of the molecule is CCN(CC)c1ccc2c(-c3ccccc3C(=O)OCCCCCCCCCCC(C)(C)C)c3ccc(=[N+](CC)CC)cc-3oc2c1. The first-order valence-corrected chi connectivity index (χ1v) is 18.3. The van der Waals surface area contributed by atoms with Gasteiger partial charge in [-0.3, -0.25) is 0 Å². The molecule has 0 spiro atoms. The maximum atomic E-state index is 13.6. The number of unbranched alkanes of at least 4 members (excludes halogenated alkanes) is 7. The maximum Gasteiger partial charge on any atom is 0.338 e. The summed E-state index contributed by atoms with van der Waals surface area (Å²) >= 11 is 0. The Balaban J connectivity index is 1.55. The van der Waals surface area contributed by atoms with E-state index in [-0.39, 0.29) is 5.97 Å². The molecule has 5 heteroatoms. The second-order valence-corrected chi connectivity index (χ2v) is 14.0. The normalized spacial score (nSPS) is 11.7. The van der Waals surface area contributed by atoms with Gasteiger partial charge in [0.05, 0.1) is 18.2 Å². The lowest BCUT2D eigenvalue weighted by atomic mass is 9.89. The Bertz CT molecular complexity index is 1620. The third-order valence-corrected chi connectivity index (χ3v) is 9.42. The number of ether oxygens (including phenoxy) is 1. The minimum atomic E-state index is -0.263. The minimum absolute atomic E-state index is 0.263. The highest BCUT2D eigenvalue weighted by atomic mass is 16.5. The molecular formula is C42H59N2O3+. The van der Waals surface area contributed by atoms with E-state index in [1.165, 1.54) is 44.9 Å². The van der Waals surface area contributed by atoms with Gasteiger partial charge in [0.25, 0.3) is 0 Å². The zero-order valence-electron chi connectivity index (χ0n) is 30.3. The molecule has 5 nitrogen and oxygen atoms in total. The van der Waals surface area contributed by atoms with Crippen molar-refractivity contribution in [1.82, 2.24) is 4.58 Å². The van der Waals surface area contributed by atoms with E-state index >= 15 is 0 Å². The van der Waals surface area contributed by atoms with E-state index < -0.39 is 0 Å². The van der Waals surface area contributed by atoms with Gasteiger partial charge in [0, 0.05) is 47.4 Å². The summed E-state index contributed by atoms with van der Waals surface area (Å²) in [6, 6.07) is 20.8. The third-order valence-electron chi connectivity index (χ3n) is 9.42. The van der Waals surface area contributed by atoms with Crippen molar-refractivity contribution in [1.29, 1.82) is 0 Å². The molecule has 0 bridgehead atoms. The number of benzene rings is 3. The van der Waals surface area contributed by atoms with Gasteiger partial charge in [-0.05, 0) is 75.8 Å². The summed E-state index contributed by atoms with van der Waals surface area (Å²) in [5.74, 6) is 0.548. The summed E-state index contributed by atoms with van der Waals surface area (Å²) in [6.45, 7) is 19.8. The molecule has 2 aliphatic rings. The van der Waals surface area contributed by atoms with Crippen molar-refractivity contribution in [2.24, 2.45) is 5.41 Å². The molecule has 1 aliphatic carbocycles. The Kier molecular flexibility index (Phi) is 13.5. The van der Waals surface area contributed by atoms with Gasteiger partial charge in [0.2, 0.25) is 5.36 Å². The molecule has 0 fully saturated rings. The molecule has 0 amide bonds. The number of carbonyl (C=O) groups is 1. The molecule has 0 saturated carbocycles. The van der Waals surface area contributed by atoms with E-state index in [1.54, 1.807) is 0 Å². The lowest BCUT2D eigenvalue weighted by Crippen LogP contribution is -2.29. The van der Waals surface area contributed by atoms with Crippen LogP contribution in [-0.2, 0) is 4.74 Å². The standard InChI is InChI=1S/C42H59N2O3/c1-8-43(9-2)32-24-26-36-38(30-32)47-39-31-33(44(10-3)11-4)25-27-37(39)40(36)34-22-18-19-23-35(34)41(45)46-29-21-17-15-13-12-14-16-20-28-42(5,6)7/h18-19,22-27,30-31H,8-17,20-21,28-29H2,1-7H3/q+1. The number of hydrogen-bond donors (Lipinski definition) is 0. The van der Waals surface area contributed by atoms with Gasteiger partial charge in [0.1, 0.15) is 24.4 Å². The van der Waals surface area contributed by atoms with Gasteiger partial charge < -0.3 is 14.1 Å². The fourth-order valence-corrected chi connectivity index (χ4v) is 6.67. The topological polar surface area (TPSA) is 45.7 Å². The molecule has 0 atom stereocenters. The van der Waals surface area contributed by atoms with Crippen LogP contribution in [0.5, 0.6) is 0 Å². The molecule has 1 aliphatic heterocycles. The van der Waals surface area contributed by atoms with Crippen molar-refractivity contribution in [3.05, 3.63) is 71.6 Å². The Morgan fingerprint density at radius 3 is 2.09 bits per heavy atom. The monoisotopic (exact) mass is 639 g/mol. The smallest absolute Gasteiger partial charge is 0.338 e. The Hall–Kier alpha value is -3.60. The summed E-state index contributed by atoms with van der Waals surface area (Å²) in [5.41, 5.74) is 5.85. The zero-order valence-corrected chi connectivity index (χ0v) is 30.3. The minimum Gasteiger partial charge on any atom is -0.462 e. The second kappa shape index (κ2) is 17.5. The highest BCUT2D eigenvalue weighted by Crippen LogP contribution is 2.42. The number of fused-ring (bicyclic) bond motifs is 2. The van der Waals surface area contributed by atoms with Crippen LogP contribution in [0.15, 0.2) is 65.1 Å². The van der Waals surface area contributed by atoms with E-state index in [4.69, 9.17) is 9.15 Å². The lowest BCUT2D eigenvalue weighted by Gasteiger charge is -2.22. The van der Waals surface area contributed by atoms with Gasteiger partial charge in [0.15, 0.2) is 0 Å². The summed E-state index contributed by atoms with van der Waals surface area (Å²) in [5, 5.41) is 2.12. The van der Waals surface area contributed by atoms with Crippen LogP contribution >= 0.6 is 0 Å². The zero-order chi connectivity index (χ0) is 33.8. The highest BCUT2D eigenvalue weighted by molar-refractivity contribution is 6.08. The number of rotatable bonds is 17. The molecule has 254 valence electrons. The Labute approximate surface area is 284 Å². The molecule has 0 aromatic heterocycles. The quantitative estimate of drug-likeness (QED) is 0.0499. The van der Waals surface area contributed by atoms with Crippen molar-refractivity contribution in [2.45, 2.75) is 106 Å². The van der Waals surface area contributed by atoms with Crippen molar-refractivity contribution >= 4 is 22.6 Å². The van der Waals surface area contributed by atoms with Gasteiger partial charge in [-0.2, -0.15) is 0 Å². The van der Waals surface area contributed by atoms with Gasteiger partial charge in [-0.25, -0.2) is 9.37 Å². The van der Waals surface area contributed by atoms with E-state index in [9.17, 15) is 4.79 Å². The largest absolute Gasteiger partial charge is 0.462 e. The van der Waals surface area contributed by atoms with Gasteiger partial charge >= 0.3 is 5.97 Å². The predicted octanol–water partition coefficient (Wildman–Crippen LogP) is 10.6. The number of nitrogens with zero attached hydrogens (tertiary/aromatic N) is 2. The van der Waals surface area contributed by atoms with Crippen molar-refractivity contribution in [3.8, 4) is 22.5 Å². The average Bonchev–Trinajstić information content (AvgIpc) is 3.06. The summed E-state index contributed by atoms with van der Waals surface area (Å²) in [7, 11) is 0. The van der Waals surface area contributed by atoms with Crippen LogP contribution in [0.25, 0.3) is 33.4 Å². The van der Waals surface area contributed by atoms with Crippen LogP contribution in [0.4, 0.5) is 5.69 Å². The first-order valence-electron chi connectivity index (χ1n) is 18.3. The molecule has 4 rings (SSSR count). The van der Waals surface area contributed by atoms with Crippen molar-refractivity contribution in [2.75, 3.05) is 37.7 Å². The van der Waals surface area contributed by atoms with Crippen LogP contribution in [-0.4, -0.2) is 38.8 Å². The molecule has 0 radical (unpaired) electrons. The molecule has 0 N–H and O–H groups in total. The highest BCUT2D eigenvalue weighted by Gasteiger charge is 2.23. The second-order valence-electron chi connectivity index (χ2n) is 14.0. The van der Waals surface area contributed by atoms with Crippen LogP contribution in [0.2, 0.25) is 0 Å². The summed E-state index contributed by atoms with van der Waals surface area (Å²) in [4.78, 5) is 15.9. The maximum absolute atomic E-state index is 13.6. The molecule has 47 heavy (non-hydrogen) atoms. The van der Waals surface area contributed by atoms with E-state index in [1.807, 2.05) is 24.3 Å². The van der Waals surface area contributed by atoms with Gasteiger partial charge in [-0.15, -0.1) is 0 Å². The average molecular weight is 640 g/mol. The number of esters is 1. The van der Waals surface area contributed by atoms with E-state index in [2.05, 4.69) is 94.3 Å². The first-order chi connectivity index (χ1) is 22.7. The van der Waals surface area contributed by atoms with E-state index in [0.717, 1.165) is 83.5 Å². The summed E-state index contributed by atoms with van der Waals surface area (Å²) < 4.78 is 14.9. The molecule has 2 aromatic carbocycles. The Morgan fingerprint density at radius 1 is 0.766 bits per heavy atom. The van der Waals surface area contributed by atoms with Crippen molar-refractivity contribution in [3.63, 3.8) is 0 Å². The number of hydrogen-bond acceptors (Lipinski definition) is 4. The lowest BCUT2D eigenvalue weighted by molar-refractivity contribution is 0.0498. The van der Waals surface area contributed by atoms with Crippen LogP contribution in [0, 0.1) is 5.41 Å². The van der Waals surface area contributed by atoms with Crippen LogP contribution in [0.1, 0.15) is 117 Å². The molecule has 0 saturated heterocycles. The Morgan fingerprint density at radius 2 is 1.43 bits per heavy atom. The van der Waals surface area contributed by atoms with E-state index in [0.29, 0.717) is 17.6 Å². The molecule has 0 unspecified atom stereocenters. The van der Waals surface area contributed by atoms with Crippen molar-refractivity contribution < 1.29 is 13.9 Å². The summed E-state index contributed by atoms with van der Waals surface area (Å²) in [6.07, 6.45) is 11.1. The number of carbonyl (C=O) groups excluding carboxylic acids is 1.